The summed E-state index contributed by atoms with van der Waals surface area (Å²) >= 11 is 5.84. The van der Waals surface area contributed by atoms with Gasteiger partial charge in [0.1, 0.15) is 0 Å². The van der Waals surface area contributed by atoms with Crippen molar-refractivity contribution in [1.82, 2.24) is 5.32 Å². The van der Waals surface area contributed by atoms with Gasteiger partial charge in [-0.3, -0.25) is 0 Å². The van der Waals surface area contributed by atoms with Gasteiger partial charge < -0.3 is 10.1 Å². The zero-order valence-electron chi connectivity index (χ0n) is 9.42. The third-order valence-corrected chi connectivity index (χ3v) is 3.23. The van der Waals surface area contributed by atoms with Gasteiger partial charge in [0.2, 0.25) is 0 Å². The fourth-order valence-corrected chi connectivity index (χ4v) is 2.10. The van der Waals surface area contributed by atoms with Crippen molar-refractivity contribution in [3.8, 4) is 0 Å². The molecule has 16 heavy (non-hydrogen) atoms. The first-order valence-electron chi connectivity index (χ1n) is 5.90. The third-order valence-electron chi connectivity index (χ3n) is 2.98. The van der Waals surface area contributed by atoms with E-state index < -0.39 is 0 Å². The fraction of sp³-hybridized carbons (Fsp3) is 0.538. The first-order valence-corrected chi connectivity index (χ1v) is 6.28. The van der Waals surface area contributed by atoms with Gasteiger partial charge in [-0.25, -0.2) is 0 Å². The van der Waals surface area contributed by atoms with Gasteiger partial charge in [-0.1, -0.05) is 23.7 Å². The van der Waals surface area contributed by atoms with E-state index in [0.717, 1.165) is 44.0 Å². The van der Waals surface area contributed by atoms with Crippen molar-refractivity contribution < 1.29 is 4.74 Å². The molecule has 2 nitrogen and oxygen atoms in total. The Kier molecular flexibility index (Phi) is 4.64. The highest BCUT2D eigenvalue weighted by molar-refractivity contribution is 6.30. The molecule has 1 aromatic carbocycles. The van der Waals surface area contributed by atoms with Crippen LogP contribution in [0.15, 0.2) is 24.3 Å². The zero-order valence-corrected chi connectivity index (χ0v) is 10.2. The minimum absolute atomic E-state index is 0.640. The molecule has 0 spiro atoms. The fourth-order valence-electron chi connectivity index (χ4n) is 1.97. The molecular formula is C13H18ClNO. The SMILES string of the molecule is Clc1ccc(CCNC2CCOCC2)cc1. The van der Waals surface area contributed by atoms with E-state index in [1.165, 1.54) is 5.56 Å². The van der Waals surface area contributed by atoms with Crippen LogP contribution in [0.25, 0.3) is 0 Å². The number of ether oxygens (including phenoxy) is 1. The van der Waals surface area contributed by atoms with Gasteiger partial charge in [-0.2, -0.15) is 0 Å². The molecule has 3 heteroatoms. The van der Waals surface area contributed by atoms with Gasteiger partial charge >= 0.3 is 0 Å². The van der Waals surface area contributed by atoms with Crippen LogP contribution in [0.4, 0.5) is 0 Å². The van der Waals surface area contributed by atoms with Crippen LogP contribution >= 0.6 is 11.6 Å². The molecular weight excluding hydrogens is 222 g/mol. The highest BCUT2D eigenvalue weighted by Crippen LogP contribution is 2.10. The molecule has 0 atom stereocenters. The van der Waals surface area contributed by atoms with E-state index in [0.29, 0.717) is 6.04 Å². The van der Waals surface area contributed by atoms with Gasteiger partial charge in [0.05, 0.1) is 0 Å². The predicted octanol–water partition coefficient (Wildman–Crippen LogP) is 2.65. The lowest BCUT2D eigenvalue weighted by Gasteiger charge is -2.23. The number of halogens is 1. The monoisotopic (exact) mass is 239 g/mol. The molecule has 0 aromatic heterocycles. The second-order valence-corrected chi connectivity index (χ2v) is 4.65. The Bertz CT molecular complexity index is 306. The highest BCUT2D eigenvalue weighted by atomic mass is 35.5. The van der Waals surface area contributed by atoms with Gasteiger partial charge in [0.25, 0.3) is 0 Å². The second-order valence-electron chi connectivity index (χ2n) is 4.22. The number of nitrogens with one attached hydrogen (secondary N) is 1. The summed E-state index contributed by atoms with van der Waals surface area (Å²) in [6, 6.07) is 8.72. The lowest BCUT2D eigenvalue weighted by molar-refractivity contribution is 0.0782. The van der Waals surface area contributed by atoms with Gasteiger partial charge in [-0.05, 0) is 43.5 Å². The summed E-state index contributed by atoms with van der Waals surface area (Å²) in [5.74, 6) is 0. The minimum atomic E-state index is 0.640. The predicted molar refractivity (Wildman–Crippen MR) is 67.0 cm³/mol. The van der Waals surface area contributed by atoms with Crippen LogP contribution in [0.3, 0.4) is 0 Å². The van der Waals surface area contributed by atoms with Gasteiger partial charge in [0, 0.05) is 24.3 Å². The van der Waals surface area contributed by atoms with E-state index in [1.807, 2.05) is 12.1 Å². The van der Waals surface area contributed by atoms with Crippen LogP contribution in [0.1, 0.15) is 18.4 Å². The number of rotatable bonds is 4. The Hall–Kier alpha value is -0.570. The van der Waals surface area contributed by atoms with Crippen molar-refractivity contribution in [2.45, 2.75) is 25.3 Å². The molecule has 1 aliphatic rings. The summed E-state index contributed by atoms with van der Waals surface area (Å²) in [6.45, 7) is 2.84. The molecule has 0 saturated carbocycles. The Morgan fingerprint density at radius 3 is 2.56 bits per heavy atom. The van der Waals surface area contributed by atoms with Crippen molar-refractivity contribution in [2.75, 3.05) is 19.8 Å². The van der Waals surface area contributed by atoms with Crippen LogP contribution in [-0.2, 0) is 11.2 Å². The topological polar surface area (TPSA) is 21.3 Å². The van der Waals surface area contributed by atoms with Crippen LogP contribution in [0.5, 0.6) is 0 Å². The Labute approximate surface area is 102 Å². The lowest BCUT2D eigenvalue weighted by atomic mass is 10.1. The smallest absolute Gasteiger partial charge is 0.0480 e. The van der Waals surface area contributed by atoms with E-state index in [2.05, 4.69) is 17.4 Å². The molecule has 1 fully saturated rings. The summed E-state index contributed by atoms with van der Waals surface area (Å²) in [5, 5.41) is 4.38. The largest absolute Gasteiger partial charge is 0.381 e. The average Bonchev–Trinajstić information content (AvgIpc) is 2.33. The Morgan fingerprint density at radius 2 is 1.88 bits per heavy atom. The molecule has 0 amide bonds. The molecule has 0 radical (unpaired) electrons. The summed E-state index contributed by atoms with van der Waals surface area (Å²) in [7, 11) is 0. The maximum absolute atomic E-state index is 5.84. The molecule has 0 bridgehead atoms. The number of hydrogen-bond donors (Lipinski definition) is 1. The third kappa shape index (κ3) is 3.78. The van der Waals surface area contributed by atoms with Crippen molar-refractivity contribution in [2.24, 2.45) is 0 Å². The second kappa shape index (κ2) is 6.24. The zero-order chi connectivity index (χ0) is 11.2. The molecule has 2 rings (SSSR count). The van der Waals surface area contributed by atoms with Crippen molar-refractivity contribution >= 4 is 11.6 Å². The van der Waals surface area contributed by atoms with Gasteiger partial charge in [0.15, 0.2) is 0 Å². The maximum atomic E-state index is 5.84. The van der Waals surface area contributed by atoms with Crippen molar-refractivity contribution in [1.29, 1.82) is 0 Å². The Balaban J connectivity index is 1.69. The van der Waals surface area contributed by atoms with E-state index in [-0.39, 0.29) is 0 Å². The lowest BCUT2D eigenvalue weighted by Crippen LogP contribution is -2.35. The highest BCUT2D eigenvalue weighted by Gasteiger charge is 2.12. The summed E-state index contributed by atoms with van der Waals surface area (Å²) < 4.78 is 5.32. The molecule has 1 aliphatic heterocycles. The average molecular weight is 240 g/mol. The molecule has 1 heterocycles. The Morgan fingerprint density at radius 1 is 1.19 bits per heavy atom. The summed E-state index contributed by atoms with van der Waals surface area (Å²) in [6.07, 6.45) is 3.34. The first kappa shape index (κ1) is 11.9. The molecule has 1 N–H and O–H groups in total. The van der Waals surface area contributed by atoms with E-state index >= 15 is 0 Å². The molecule has 0 aliphatic carbocycles. The number of benzene rings is 1. The normalized spacial score (nSPS) is 17.6. The van der Waals surface area contributed by atoms with Gasteiger partial charge in [-0.15, -0.1) is 0 Å². The van der Waals surface area contributed by atoms with Crippen molar-refractivity contribution in [3.63, 3.8) is 0 Å². The minimum Gasteiger partial charge on any atom is -0.381 e. The van der Waals surface area contributed by atoms with Crippen LogP contribution in [-0.4, -0.2) is 25.8 Å². The molecule has 0 unspecified atom stereocenters. The van der Waals surface area contributed by atoms with Crippen LogP contribution < -0.4 is 5.32 Å². The van der Waals surface area contributed by atoms with E-state index in [4.69, 9.17) is 16.3 Å². The van der Waals surface area contributed by atoms with Crippen molar-refractivity contribution in [3.05, 3.63) is 34.9 Å². The standard InChI is InChI=1S/C13H18ClNO/c14-12-3-1-11(2-4-12)5-8-15-13-6-9-16-10-7-13/h1-4,13,15H,5-10H2. The van der Waals surface area contributed by atoms with Crippen LogP contribution in [0, 0.1) is 0 Å². The van der Waals surface area contributed by atoms with E-state index in [9.17, 15) is 0 Å². The van der Waals surface area contributed by atoms with E-state index in [1.54, 1.807) is 0 Å². The quantitative estimate of drug-likeness (QED) is 0.872. The summed E-state index contributed by atoms with van der Waals surface area (Å²) in [5.41, 5.74) is 1.34. The summed E-state index contributed by atoms with van der Waals surface area (Å²) in [4.78, 5) is 0. The maximum Gasteiger partial charge on any atom is 0.0480 e. The molecule has 1 aromatic rings. The van der Waals surface area contributed by atoms with Crippen LogP contribution in [0.2, 0.25) is 5.02 Å². The first-order chi connectivity index (χ1) is 7.84. The molecule has 1 saturated heterocycles. The molecule has 88 valence electrons. The number of hydrogen-bond acceptors (Lipinski definition) is 2.